The SMILES string of the molecule is COc1cc(C(=O)C(C)(C)C)ccc1CC(Cc1ccc(C(=O)C(C)(C)C)cc1OC)C(=O)O. The zero-order valence-electron chi connectivity index (χ0n) is 21.4. The molecule has 0 aliphatic carbocycles. The van der Waals surface area contributed by atoms with Crippen molar-refractivity contribution in [2.75, 3.05) is 14.2 Å². The van der Waals surface area contributed by atoms with E-state index < -0.39 is 22.7 Å². The number of benzene rings is 2. The monoisotopic (exact) mass is 468 g/mol. The van der Waals surface area contributed by atoms with Crippen LogP contribution in [0.2, 0.25) is 0 Å². The fraction of sp³-hybridized carbons (Fsp3) is 0.464. The molecule has 0 spiro atoms. The quantitative estimate of drug-likeness (QED) is 0.479. The molecule has 0 aliphatic heterocycles. The van der Waals surface area contributed by atoms with Gasteiger partial charge in [0.15, 0.2) is 11.6 Å². The number of methoxy groups -OCH3 is 2. The van der Waals surface area contributed by atoms with Gasteiger partial charge in [0.1, 0.15) is 11.5 Å². The van der Waals surface area contributed by atoms with Gasteiger partial charge in [-0.1, -0.05) is 65.8 Å². The molecule has 0 saturated carbocycles. The number of hydrogen-bond acceptors (Lipinski definition) is 5. The summed E-state index contributed by atoms with van der Waals surface area (Å²) in [5.41, 5.74) is 1.40. The summed E-state index contributed by atoms with van der Waals surface area (Å²) < 4.78 is 11.0. The third-order valence-corrected chi connectivity index (χ3v) is 5.74. The van der Waals surface area contributed by atoms with Crippen LogP contribution in [0.25, 0.3) is 0 Å². The maximum Gasteiger partial charge on any atom is 0.307 e. The molecule has 0 amide bonds. The number of Topliss-reactive ketones (excluding diaryl/α,β-unsaturated/α-hetero) is 2. The zero-order valence-corrected chi connectivity index (χ0v) is 21.4. The van der Waals surface area contributed by atoms with Gasteiger partial charge in [0.05, 0.1) is 20.1 Å². The maximum absolute atomic E-state index is 12.6. The lowest BCUT2D eigenvalue weighted by atomic mass is 9.84. The molecular formula is C28H36O6. The third-order valence-electron chi connectivity index (χ3n) is 5.74. The fourth-order valence-electron chi connectivity index (χ4n) is 3.75. The first-order chi connectivity index (χ1) is 15.7. The van der Waals surface area contributed by atoms with E-state index in [9.17, 15) is 19.5 Å². The number of ether oxygens (including phenoxy) is 2. The van der Waals surface area contributed by atoms with Crippen molar-refractivity contribution in [3.8, 4) is 11.5 Å². The van der Waals surface area contributed by atoms with Crippen LogP contribution in [0.5, 0.6) is 11.5 Å². The highest BCUT2D eigenvalue weighted by molar-refractivity contribution is 6.00. The molecule has 6 nitrogen and oxygen atoms in total. The van der Waals surface area contributed by atoms with E-state index in [1.165, 1.54) is 14.2 Å². The lowest BCUT2D eigenvalue weighted by Crippen LogP contribution is -2.22. The van der Waals surface area contributed by atoms with Gasteiger partial charge in [-0.15, -0.1) is 0 Å². The van der Waals surface area contributed by atoms with E-state index in [0.717, 1.165) is 0 Å². The predicted octanol–water partition coefficient (Wildman–Crippen LogP) is 5.65. The number of carboxylic acid groups (broad SMARTS) is 1. The molecule has 0 aliphatic rings. The van der Waals surface area contributed by atoms with Gasteiger partial charge < -0.3 is 14.6 Å². The maximum atomic E-state index is 12.6. The van der Waals surface area contributed by atoms with Crippen LogP contribution in [0.4, 0.5) is 0 Å². The molecule has 0 bridgehead atoms. The number of rotatable bonds is 9. The molecule has 0 aromatic heterocycles. The molecular weight excluding hydrogens is 432 g/mol. The summed E-state index contributed by atoms with van der Waals surface area (Å²) in [7, 11) is 3.02. The second-order valence-electron chi connectivity index (χ2n) is 10.7. The summed E-state index contributed by atoms with van der Waals surface area (Å²) in [6.07, 6.45) is 0.433. The minimum atomic E-state index is -0.950. The molecule has 1 N–H and O–H groups in total. The molecule has 34 heavy (non-hydrogen) atoms. The molecule has 0 saturated heterocycles. The normalized spacial score (nSPS) is 11.9. The number of aliphatic carboxylic acids is 1. The highest BCUT2D eigenvalue weighted by Gasteiger charge is 2.27. The molecule has 184 valence electrons. The highest BCUT2D eigenvalue weighted by Crippen LogP contribution is 2.31. The van der Waals surface area contributed by atoms with Crippen molar-refractivity contribution < 1.29 is 29.0 Å². The molecule has 0 unspecified atom stereocenters. The summed E-state index contributed by atoms with van der Waals surface area (Å²) in [5.74, 6) is -0.757. The Labute approximate surface area is 202 Å². The summed E-state index contributed by atoms with van der Waals surface area (Å²) in [6, 6.07) is 10.3. The Morgan fingerprint density at radius 1 is 0.735 bits per heavy atom. The van der Waals surface area contributed by atoms with Crippen LogP contribution < -0.4 is 9.47 Å². The van der Waals surface area contributed by atoms with E-state index in [4.69, 9.17) is 9.47 Å². The smallest absolute Gasteiger partial charge is 0.307 e. The summed E-state index contributed by atoms with van der Waals surface area (Å²) >= 11 is 0. The third kappa shape index (κ3) is 6.46. The molecule has 0 radical (unpaired) electrons. The lowest BCUT2D eigenvalue weighted by Gasteiger charge is -2.20. The minimum Gasteiger partial charge on any atom is -0.496 e. The molecule has 6 heteroatoms. The van der Waals surface area contributed by atoms with Gasteiger partial charge in [-0.3, -0.25) is 14.4 Å². The molecule has 2 rings (SSSR count). The Bertz CT molecular complexity index is 990. The largest absolute Gasteiger partial charge is 0.496 e. The fourth-order valence-corrected chi connectivity index (χ4v) is 3.75. The predicted molar refractivity (Wildman–Crippen MR) is 132 cm³/mol. The molecule has 0 heterocycles. The molecule has 2 aromatic carbocycles. The van der Waals surface area contributed by atoms with Gasteiger partial charge in [-0.2, -0.15) is 0 Å². The minimum absolute atomic E-state index is 0.0123. The highest BCUT2D eigenvalue weighted by atomic mass is 16.5. The summed E-state index contributed by atoms with van der Waals surface area (Å²) in [5, 5.41) is 9.93. The first kappa shape index (κ1) is 27.1. The number of carbonyl (C=O) groups excluding carboxylic acids is 2. The Hall–Kier alpha value is -3.15. The Morgan fingerprint density at radius 3 is 1.35 bits per heavy atom. The van der Waals surface area contributed by atoms with Crippen LogP contribution in [0.1, 0.15) is 73.4 Å². The van der Waals surface area contributed by atoms with Crippen LogP contribution in [0.15, 0.2) is 36.4 Å². The van der Waals surface area contributed by atoms with E-state index in [0.29, 0.717) is 33.8 Å². The number of carbonyl (C=O) groups is 3. The standard InChI is InChI=1S/C28H36O6/c1-27(2,3)24(29)19-11-9-17(22(15-19)33-7)13-21(26(31)32)14-18-10-12-20(16-23(18)34-8)25(30)28(4,5)6/h9-12,15-16,21H,13-14H2,1-8H3,(H,31,32). The van der Waals surface area contributed by atoms with Crippen LogP contribution in [-0.2, 0) is 17.6 Å². The zero-order chi connectivity index (χ0) is 25.8. The first-order valence-electron chi connectivity index (χ1n) is 11.3. The van der Waals surface area contributed by atoms with Gasteiger partial charge in [0.2, 0.25) is 0 Å². The molecule has 0 fully saturated rings. The Morgan fingerprint density at radius 2 is 1.09 bits per heavy atom. The van der Waals surface area contributed by atoms with Gasteiger partial charge in [-0.25, -0.2) is 0 Å². The number of ketones is 2. The van der Waals surface area contributed by atoms with E-state index in [1.54, 1.807) is 36.4 Å². The van der Waals surface area contributed by atoms with Gasteiger partial charge in [-0.05, 0) is 36.1 Å². The second kappa shape index (κ2) is 10.4. The molecule has 0 atom stereocenters. The van der Waals surface area contributed by atoms with Crippen molar-refractivity contribution >= 4 is 17.5 Å². The van der Waals surface area contributed by atoms with Gasteiger partial charge >= 0.3 is 5.97 Å². The topological polar surface area (TPSA) is 89.9 Å². The Kier molecular flexibility index (Phi) is 8.30. The average molecular weight is 469 g/mol. The van der Waals surface area contributed by atoms with Crippen LogP contribution in [-0.4, -0.2) is 36.9 Å². The first-order valence-corrected chi connectivity index (χ1v) is 11.3. The van der Waals surface area contributed by atoms with E-state index in [2.05, 4.69) is 0 Å². The average Bonchev–Trinajstić information content (AvgIpc) is 2.76. The summed E-state index contributed by atoms with van der Waals surface area (Å²) in [6.45, 7) is 11.1. The van der Waals surface area contributed by atoms with E-state index >= 15 is 0 Å². The van der Waals surface area contributed by atoms with E-state index in [1.807, 2.05) is 41.5 Å². The van der Waals surface area contributed by atoms with Gasteiger partial charge in [0, 0.05) is 22.0 Å². The second-order valence-corrected chi connectivity index (χ2v) is 10.7. The van der Waals surface area contributed by atoms with Crippen molar-refractivity contribution in [2.45, 2.75) is 54.4 Å². The summed E-state index contributed by atoms with van der Waals surface area (Å²) in [4.78, 5) is 37.4. The van der Waals surface area contributed by atoms with Crippen LogP contribution in [0.3, 0.4) is 0 Å². The molecule has 2 aromatic rings. The number of carboxylic acids is 1. The van der Waals surface area contributed by atoms with Crippen molar-refractivity contribution in [3.05, 3.63) is 58.7 Å². The van der Waals surface area contributed by atoms with Gasteiger partial charge in [0.25, 0.3) is 0 Å². The number of hydrogen-bond donors (Lipinski definition) is 1. The van der Waals surface area contributed by atoms with Crippen molar-refractivity contribution in [1.29, 1.82) is 0 Å². The van der Waals surface area contributed by atoms with Crippen LogP contribution >= 0.6 is 0 Å². The van der Waals surface area contributed by atoms with Crippen molar-refractivity contribution in [2.24, 2.45) is 16.7 Å². The van der Waals surface area contributed by atoms with E-state index in [-0.39, 0.29) is 24.4 Å². The lowest BCUT2D eigenvalue weighted by molar-refractivity contribution is -0.141. The van der Waals surface area contributed by atoms with Crippen LogP contribution in [0, 0.1) is 16.7 Å². The van der Waals surface area contributed by atoms with Crippen molar-refractivity contribution in [1.82, 2.24) is 0 Å². The Balaban J connectivity index is 2.34. The van der Waals surface area contributed by atoms with Crippen molar-refractivity contribution in [3.63, 3.8) is 0 Å².